The molecule has 0 saturated carbocycles. The van der Waals surface area contributed by atoms with E-state index < -0.39 is 0 Å². The summed E-state index contributed by atoms with van der Waals surface area (Å²) in [5, 5.41) is 3.38. The van der Waals surface area contributed by atoms with E-state index in [1.165, 1.54) is 5.56 Å². The lowest BCUT2D eigenvalue weighted by molar-refractivity contribution is 0.543. The van der Waals surface area contributed by atoms with Crippen LogP contribution in [0.1, 0.15) is 18.5 Å². The summed E-state index contributed by atoms with van der Waals surface area (Å²) in [4.78, 5) is 18.1. The van der Waals surface area contributed by atoms with Crippen LogP contribution in [0.15, 0.2) is 53.3 Å². The Morgan fingerprint density at radius 1 is 1.04 bits per heavy atom. The van der Waals surface area contributed by atoms with Crippen LogP contribution >= 0.6 is 0 Å². The van der Waals surface area contributed by atoms with Crippen molar-refractivity contribution in [2.45, 2.75) is 19.4 Å². The second kappa shape index (κ2) is 6.76. The SMILES string of the molecule is CC(Cc1ccccc1)n1c(=O)[nH]c2c(N3CCNCC3)cccc21. The minimum Gasteiger partial charge on any atom is -0.367 e. The molecule has 2 N–H and O–H groups in total. The van der Waals surface area contributed by atoms with Gasteiger partial charge in [-0.2, -0.15) is 0 Å². The van der Waals surface area contributed by atoms with Crippen LogP contribution in [0.4, 0.5) is 5.69 Å². The largest absolute Gasteiger partial charge is 0.367 e. The van der Waals surface area contributed by atoms with E-state index in [-0.39, 0.29) is 11.7 Å². The molecule has 2 aromatic carbocycles. The number of para-hydroxylation sites is 1. The summed E-state index contributed by atoms with van der Waals surface area (Å²) in [5.74, 6) is 0. The quantitative estimate of drug-likeness (QED) is 0.770. The molecule has 1 aromatic heterocycles. The number of fused-ring (bicyclic) bond motifs is 1. The van der Waals surface area contributed by atoms with Gasteiger partial charge in [0, 0.05) is 32.2 Å². The molecular formula is C20H24N4O. The molecule has 1 saturated heterocycles. The highest BCUT2D eigenvalue weighted by Crippen LogP contribution is 2.27. The molecule has 1 atom stereocenters. The van der Waals surface area contributed by atoms with Crippen molar-refractivity contribution in [1.29, 1.82) is 0 Å². The monoisotopic (exact) mass is 336 g/mol. The average molecular weight is 336 g/mol. The van der Waals surface area contributed by atoms with Gasteiger partial charge in [-0.3, -0.25) is 4.57 Å². The third-order valence-electron chi connectivity index (χ3n) is 5.00. The molecule has 1 aliphatic heterocycles. The van der Waals surface area contributed by atoms with Crippen molar-refractivity contribution >= 4 is 16.7 Å². The molecule has 1 aliphatic rings. The van der Waals surface area contributed by atoms with Gasteiger partial charge in [-0.15, -0.1) is 0 Å². The molecule has 5 nitrogen and oxygen atoms in total. The second-order valence-electron chi connectivity index (χ2n) is 6.75. The van der Waals surface area contributed by atoms with Crippen LogP contribution in [0.5, 0.6) is 0 Å². The molecule has 130 valence electrons. The first-order valence-electron chi connectivity index (χ1n) is 8.97. The maximum Gasteiger partial charge on any atom is 0.326 e. The highest BCUT2D eigenvalue weighted by molar-refractivity contribution is 5.89. The van der Waals surface area contributed by atoms with Crippen molar-refractivity contribution < 1.29 is 0 Å². The van der Waals surface area contributed by atoms with Gasteiger partial charge in [-0.25, -0.2) is 4.79 Å². The van der Waals surface area contributed by atoms with Gasteiger partial charge in [0.15, 0.2) is 0 Å². The predicted molar refractivity (Wildman–Crippen MR) is 102 cm³/mol. The zero-order valence-electron chi connectivity index (χ0n) is 14.5. The summed E-state index contributed by atoms with van der Waals surface area (Å²) in [7, 11) is 0. The fourth-order valence-corrected chi connectivity index (χ4v) is 3.79. The number of aromatic nitrogens is 2. The van der Waals surface area contributed by atoms with E-state index in [1.807, 2.05) is 28.8 Å². The normalized spacial score (nSPS) is 16.3. The number of imidazole rings is 1. The van der Waals surface area contributed by atoms with E-state index in [1.54, 1.807) is 0 Å². The van der Waals surface area contributed by atoms with Crippen LogP contribution in [0.25, 0.3) is 11.0 Å². The third-order valence-corrected chi connectivity index (χ3v) is 5.00. The number of benzene rings is 2. The first-order valence-corrected chi connectivity index (χ1v) is 8.97. The Balaban J connectivity index is 1.72. The fraction of sp³-hybridized carbons (Fsp3) is 0.350. The Morgan fingerprint density at radius 3 is 2.56 bits per heavy atom. The van der Waals surface area contributed by atoms with E-state index in [0.717, 1.165) is 49.3 Å². The van der Waals surface area contributed by atoms with Gasteiger partial charge in [0.2, 0.25) is 0 Å². The highest BCUT2D eigenvalue weighted by Gasteiger charge is 2.19. The summed E-state index contributed by atoms with van der Waals surface area (Å²) in [6.07, 6.45) is 0.839. The fourth-order valence-electron chi connectivity index (χ4n) is 3.79. The predicted octanol–water partition coefficient (Wildman–Crippen LogP) is 2.54. The first-order chi connectivity index (χ1) is 12.2. The summed E-state index contributed by atoms with van der Waals surface area (Å²) < 4.78 is 1.90. The van der Waals surface area contributed by atoms with E-state index in [9.17, 15) is 4.79 Å². The van der Waals surface area contributed by atoms with Crippen LogP contribution in [0.2, 0.25) is 0 Å². The molecule has 25 heavy (non-hydrogen) atoms. The van der Waals surface area contributed by atoms with Crippen molar-refractivity contribution in [2.75, 3.05) is 31.1 Å². The van der Waals surface area contributed by atoms with Crippen molar-refractivity contribution in [3.63, 3.8) is 0 Å². The molecule has 3 aromatic rings. The molecule has 0 aliphatic carbocycles. The summed E-state index contributed by atoms with van der Waals surface area (Å²) >= 11 is 0. The van der Waals surface area contributed by atoms with Crippen molar-refractivity contribution in [2.24, 2.45) is 0 Å². The standard InChI is InChI=1S/C20H24N4O/c1-15(14-16-6-3-2-4-7-16)24-18-9-5-8-17(19(18)22-20(24)25)23-12-10-21-11-13-23/h2-9,15,21H,10-14H2,1H3,(H,22,25). The average Bonchev–Trinajstić information content (AvgIpc) is 2.99. The number of piperazine rings is 1. The molecule has 1 fully saturated rings. The Morgan fingerprint density at radius 2 is 1.80 bits per heavy atom. The number of nitrogens with zero attached hydrogens (tertiary/aromatic N) is 2. The van der Waals surface area contributed by atoms with Gasteiger partial charge >= 0.3 is 5.69 Å². The zero-order valence-corrected chi connectivity index (χ0v) is 14.5. The lowest BCUT2D eigenvalue weighted by Crippen LogP contribution is -2.43. The van der Waals surface area contributed by atoms with Gasteiger partial charge in [0.1, 0.15) is 0 Å². The number of nitrogens with one attached hydrogen (secondary N) is 2. The number of anilines is 1. The van der Waals surface area contributed by atoms with Crippen molar-refractivity contribution in [3.05, 3.63) is 64.6 Å². The Kier molecular flexibility index (Phi) is 4.32. The molecule has 4 rings (SSSR count). The van der Waals surface area contributed by atoms with Crippen LogP contribution in [0.3, 0.4) is 0 Å². The molecule has 0 bridgehead atoms. The second-order valence-corrected chi connectivity index (χ2v) is 6.75. The highest BCUT2D eigenvalue weighted by atomic mass is 16.1. The molecule has 5 heteroatoms. The molecule has 1 unspecified atom stereocenters. The number of hydrogen-bond acceptors (Lipinski definition) is 3. The Bertz CT molecular complexity index is 906. The van der Waals surface area contributed by atoms with Crippen molar-refractivity contribution in [1.82, 2.24) is 14.9 Å². The number of rotatable bonds is 4. The van der Waals surface area contributed by atoms with Gasteiger partial charge in [-0.1, -0.05) is 36.4 Å². The molecular weight excluding hydrogens is 312 g/mol. The minimum absolute atomic E-state index is 0.0268. The van der Waals surface area contributed by atoms with E-state index >= 15 is 0 Å². The molecule has 2 heterocycles. The van der Waals surface area contributed by atoms with Crippen LogP contribution in [-0.2, 0) is 6.42 Å². The zero-order chi connectivity index (χ0) is 17.2. The Labute approximate surface area is 147 Å². The number of H-pyrrole nitrogens is 1. The van der Waals surface area contributed by atoms with Gasteiger partial charge in [0.05, 0.1) is 16.7 Å². The summed E-state index contributed by atoms with van der Waals surface area (Å²) in [5.41, 5.74) is 4.29. The smallest absolute Gasteiger partial charge is 0.326 e. The summed E-state index contributed by atoms with van der Waals surface area (Å²) in [6, 6.07) is 16.6. The molecule has 0 amide bonds. The topological polar surface area (TPSA) is 53.1 Å². The maximum atomic E-state index is 12.7. The third kappa shape index (κ3) is 3.07. The van der Waals surface area contributed by atoms with Gasteiger partial charge in [0.25, 0.3) is 0 Å². The molecule has 0 radical (unpaired) electrons. The van der Waals surface area contributed by atoms with Crippen LogP contribution < -0.4 is 15.9 Å². The number of aromatic amines is 1. The van der Waals surface area contributed by atoms with E-state index in [0.29, 0.717) is 0 Å². The van der Waals surface area contributed by atoms with Gasteiger partial charge in [-0.05, 0) is 31.0 Å². The molecule has 0 spiro atoms. The first kappa shape index (κ1) is 16.0. The maximum absolute atomic E-state index is 12.7. The van der Waals surface area contributed by atoms with E-state index in [4.69, 9.17) is 0 Å². The lowest BCUT2D eigenvalue weighted by atomic mass is 10.1. The summed E-state index contributed by atoms with van der Waals surface area (Å²) in [6.45, 7) is 5.99. The Hall–Kier alpha value is -2.53. The van der Waals surface area contributed by atoms with Crippen LogP contribution in [-0.4, -0.2) is 35.7 Å². The lowest BCUT2D eigenvalue weighted by Gasteiger charge is -2.29. The van der Waals surface area contributed by atoms with Gasteiger partial charge < -0.3 is 15.2 Å². The van der Waals surface area contributed by atoms with E-state index in [2.05, 4.69) is 46.4 Å². The number of hydrogen-bond donors (Lipinski definition) is 2. The van der Waals surface area contributed by atoms with Crippen LogP contribution in [0, 0.1) is 0 Å². The van der Waals surface area contributed by atoms with Crippen molar-refractivity contribution in [3.8, 4) is 0 Å². The minimum atomic E-state index is -0.0268.